The molecule has 4 rings (SSSR count). The second-order valence-electron chi connectivity index (χ2n) is 7.30. The van der Waals surface area contributed by atoms with E-state index in [0.29, 0.717) is 34.9 Å². The lowest BCUT2D eigenvalue weighted by Crippen LogP contribution is -2.31. The fourth-order valence-corrected chi connectivity index (χ4v) is 3.64. The van der Waals surface area contributed by atoms with Gasteiger partial charge in [0, 0.05) is 12.1 Å². The Hall–Kier alpha value is -4.27. The van der Waals surface area contributed by atoms with Crippen molar-refractivity contribution < 1.29 is 19.3 Å². The molecule has 0 amide bonds. The first kappa shape index (κ1) is 21.9. The maximum atomic E-state index is 12.7. The Morgan fingerprint density at radius 1 is 0.939 bits per heavy atom. The summed E-state index contributed by atoms with van der Waals surface area (Å²) in [6, 6.07) is 13.5. The zero-order valence-electron chi connectivity index (χ0n) is 18.4. The number of aromatic nitrogens is 3. The molecule has 2 aromatic heterocycles. The lowest BCUT2D eigenvalue weighted by Gasteiger charge is -2.13. The van der Waals surface area contributed by atoms with E-state index in [2.05, 4.69) is 9.97 Å². The number of rotatable bonds is 7. The molecule has 0 saturated carbocycles. The first-order valence-corrected chi connectivity index (χ1v) is 10.2. The summed E-state index contributed by atoms with van der Waals surface area (Å²) in [5, 5.41) is 10.6. The van der Waals surface area contributed by atoms with E-state index in [4.69, 9.17) is 14.2 Å². The number of pyridine rings is 1. The van der Waals surface area contributed by atoms with Crippen LogP contribution in [0.5, 0.6) is 23.0 Å². The maximum absolute atomic E-state index is 12.7. The Bertz CT molecular complexity index is 1440. The monoisotopic (exact) mass is 449 g/mol. The Balaban J connectivity index is 1.78. The third kappa shape index (κ3) is 4.25. The van der Waals surface area contributed by atoms with Gasteiger partial charge in [0.2, 0.25) is 0 Å². The number of aromatic hydroxyl groups is 1. The fraction of sp³-hybridized carbons (Fsp3) is 0.208. The van der Waals surface area contributed by atoms with Crippen LogP contribution in [0.15, 0.2) is 58.1 Å². The third-order valence-electron chi connectivity index (χ3n) is 5.39. The molecule has 0 spiro atoms. The molecule has 0 saturated heterocycles. The Labute approximate surface area is 188 Å². The minimum absolute atomic E-state index is 0.00622. The second kappa shape index (κ2) is 9.07. The Morgan fingerprint density at radius 2 is 1.73 bits per heavy atom. The summed E-state index contributed by atoms with van der Waals surface area (Å²) in [5.41, 5.74) is 0.891. The van der Waals surface area contributed by atoms with E-state index in [9.17, 15) is 14.7 Å². The molecular weight excluding hydrogens is 426 g/mol. The van der Waals surface area contributed by atoms with Crippen LogP contribution >= 0.6 is 0 Å². The van der Waals surface area contributed by atoms with Gasteiger partial charge in [-0.1, -0.05) is 6.07 Å². The van der Waals surface area contributed by atoms with Crippen LogP contribution in [0, 0.1) is 0 Å². The van der Waals surface area contributed by atoms with E-state index >= 15 is 0 Å². The highest BCUT2D eigenvalue weighted by Crippen LogP contribution is 2.32. The number of aryl methyl sites for hydroxylation is 2. The summed E-state index contributed by atoms with van der Waals surface area (Å²) in [7, 11) is 4.64. The summed E-state index contributed by atoms with van der Waals surface area (Å²) >= 11 is 0. The van der Waals surface area contributed by atoms with Crippen molar-refractivity contribution in [3.05, 3.63) is 74.9 Å². The molecule has 2 aromatic carbocycles. The number of nitrogens with zero attached hydrogens (tertiary/aromatic N) is 2. The van der Waals surface area contributed by atoms with Crippen LogP contribution < -0.4 is 25.5 Å². The van der Waals surface area contributed by atoms with Crippen LogP contribution in [0.1, 0.15) is 5.56 Å². The quantitative estimate of drug-likeness (QED) is 0.446. The minimum Gasteiger partial charge on any atom is -0.507 e. The van der Waals surface area contributed by atoms with Crippen molar-refractivity contribution in [3.8, 4) is 34.3 Å². The molecule has 0 unspecified atom stereocenters. The summed E-state index contributed by atoms with van der Waals surface area (Å²) in [4.78, 5) is 32.0. The molecule has 9 heteroatoms. The molecule has 2 heterocycles. The average Bonchev–Trinajstić information content (AvgIpc) is 2.83. The normalized spacial score (nSPS) is 10.9. The van der Waals surface area contributed by atoms with Crippen molar-refractivity contribution >= 4 is 11.0 Å². The Kier molecular flexibility index (Phi) is 6.03. The maximum Gasteiger partial charge on any atom is 0.330 e. The number of methoxy groups -OCH3 is 3. The van der Waals surface area contributed by atoms with Crippen molar-refractivity contribution in [2.75, 3.05) is 21.3 Å². The predicted molar refractivity (Wildman–Crippen MR) is 124 cm³/mol. The average molecular weight is 449 g/mol. The third-order valence-corrected chi connectivity index (χ3v) is 5.39. The molecule has 170 valence electrons. The first-order valence-electron chi connectivity index (χ1n) is 10.2. The van der Waals surface area contributed by atoms with Crippen molar-refractivity contribution in [2.45, 2.75) is 13.0 Å². The first-order chi connectivity index (χ1) is 15.9. The number of hydrogen-bond acceptors (Lipinski definition) is 7. The number of fused-ring (bicyclic) bond motifs is 1. The molecule has 0 atom stereocenters. The number of hydrogen-bond donors (Lipinski definition) is 2. The summed E-state index contributed by atoms with van der Waals surface area (Å²) in [6.07, 6.45) is 0.484. The molecule has 4 aromatic rings. The van der Waals surface area contributed by atoms with Crippen molar-refractivity contribution in [1.29, 1.82) is 0 Å². The molecule has 0 fully saturated rings. The van der Waals surface area contributed by atoms with Gasteiger partial charge in [-0.2, -0.15) is 0 Å². The van der Waals surface area contributed by atoms with Gasteiger partial charge in [0.25, 0.3) is 5.56 Å². The van der Waals surface area contributed by atoms with Gasteiger partial charge in [-0.3, -0.25) is 14.3 Å². The molecular formula is C24H23N3O6. The van der Waals surface area contributed by atoms with Gasteiger partial charge in [0.1, 0.15) is 17.1 Å². The highest BCUT2D eigenvalue weighted by molar-refractivity contribution is 5.79. The largest absolute Gasteiger partial charge is 0.507 e. The van der Waals surface area contributed by atoms with Crippen LogP contribution in [-0.2, 0) is 13.0 Å². The number of phenolic OH excluding ortho intramolecular Hbond substituents is 1. The van der Waals surface area contributed by atoms with E-state index in [-0.39, 0.29) is 23.3 Å². The van der Waals surface area contributed by atoms with Crippen LogP contribution in [0.2, 0.25) is 0 Å². The molecule has 0 bridgehead atoms. The van der Waals surface area contributed by atoms with Crippen LogP contribution in [0.25, 0.3) is 22.3 Å². The molecule has 0 aliphatic heterocycles. The minimum atomic E-state index is -0.563. The van der Waals surface area contributed by atoms with Crippen molar-refractivity contribution in [1.82, 2.24) is 14.5 Å². The van der Waals surface area contributed by atoms with Gasteiger partial charge < -0.3 is 19.3 Å². The number of nitrogens with one attached hydrogen (secondary N) is 1. The molecule has 0 radical (unpaired) electrons. The molecule has 2 N–H and O–H groups in total. The molecule has 0 aliphatic rings. The van der Waals surface area contributed by atoms with Gasteiger partial charge >= 0.3 is 5.69 Å². The van der Waals surface area contributed by atoms with Crippen LogP contribution in [0.3, 0.4) is 0 Å². The lowest BCUT2D eigenvalue weighted by atomic mass is 10.1. The van der Waals surface area contributed by atoms with Crippen LogP contribution in [0.4, 0.5) is 0 Å². The Morgan fingerprint density at radius 3 is 2.45 bits per heavy atom. The smallest absolute Gasteiger partial charge is 0.330 e. The number of benzene rings is 2. The van der Waals surface area contributed by atoms with E-state index in [1.165, 1.54) is 17.7 Å². The fourth-order valence-electron chi connectivity index (χ4n) is 3.64. The van der Waals surface area contributed by atoms with Crippen LogP contribution in [-0.4, -0.2) is 41.0 Å². The number of phenols is 1. The van der Waals surface area contributed by atoms with Gasteiger partial charge in [-0.15, -0.1) is 0 Å². The standard InChI is InChI=1S/C24H23N3O6/c1-31-15-5-8-19(28)17(13-15)18-7-6-16-22(25-18)27(24(30)26-23(16)29)11-10-14-4-9-20(32-2)21(12-14)33-3/h4-9,12-13,28H,10-11H2,1-3H3,(H,26,29,30). The number of H-pyrrole nitrogens is 1. The number of ether oxygens (including phenoxy) is 3. The van der Waals surface area contributed by atoms with E-state index in [1.54, 1.807) is 44.6 Å². The van der Waals surface area contributed by atoms with Gasteiger partial charge in [-0.25, -0.2) is 9.78 Å². The lowest BCUT2D eigenvalue weighted by molar-refractivity contribution is 0.354. The molecule has 33 heavy (non-hydrogen) atoms. The second-order valence-corrected chi connectivity index (χ2v) is 7.30. The number of aromatic amines is 1. The zero-order chi connectivity index (χ0) is 23.5. The summed E-state index contributed by atoms with van der Waals surface area (Å²) in [6.45, 7) is 0.266. The van der Waals surface area contributed by atoms with Crippen molar-refractivity contribution in [2.24, 2.45) is 0 Å². The zero-order valence-corrected chi connectivity index (χ0v) is 18.4. The van der Waals surface area contributed by atoms with Gasteiger partial charge in [-0.05, 0) is 54.4 Å². The van der Waals surface area contributed by atoms with Crippen molar-refractivity contribution in [3.63, 3.8) is 0 Å². The predicted octanol–water partition coefficient (Wildman–Crippen LogP) is 2.73. The van der Waals surface area contributed by atoms with Gasteiger partial charge in [0.05, 0.1) is 32.4 Å². The van der Waals surface area contributed by atoms with E-state index < -0.39 is 11.2 Å². The van der Waals surface area contributed by atoms with E-state index in [0.717, 1.165) is 5.56 Å². The SMILES string of the molecule is COc1ccc(O)c(-c2ccc3c(=O)[nH]c(=O)n(CCc4ccc(OC)c(OC)c4)c3n2)c1. The van der Waals surface area contributed by atoms with Gasteiger partial charge in [0.15, 0.2) is 11.5 Å². The molecule has 9 nitrogen and oxygen atoms in total. The highest BCUT2D eigenvalue weighted by Gasteiger charge is 2.14. The highest BCUT2D eigenvalue weighted by atomic mass is 16.5. The summed E-state index contributed by atoms with van der Waals surface area (Å²) < 4.78 is 17.3. The molecule has 0 aliphatic carbocycles. The van der Waals surface area contributed by atoms with E-state index in [1.807, 2.05) is 12.1 Å². The topological polar surface area (TPSA) is 116 Å². The summed E-state index contributed by atoms with van der Waals surface area (Å²) in [5.74, 6) is 1.74.